The number of carboxylic acid groups (broad SMARTS) is 2. The van der Waals surface area contributed by atoms with Gasteiger partial charge in [0.1, 0.15) is 0 Å². The normalized spacial score (nSPS) is 17.4. The summed E-state index contributed by atoms with van der Waals surface area (Å²) in [5, 5.41) is 18.3. The van der Waals surface area contributed by atoms with E-state index < -0.39 is 19.4 Å². The lowest BCUT2D eigenvalue weighted by Gasteiger charge is -2.32. The monoisotopic (exact) mass is 439 g/mol. The molecule has 0 spiro atoms. The molecule has 174 valence electrons. The highest BCUT2D eigenvalue weighted by Gasteiger charge is 2.53. The Morgan fingerprint density at radius 3 is 1.77 bits per heavy atom. The molecule has 0 bridgehead atoms. The topological polar surface area (TPSA) is 140 Å². The second-order valence-electron chi connectivity index (χ2n) is 10.3. The number of aromatic nitrogens is 2. The predicted octanol–water partition coefficient (Wildman–Crippen LogP) is 3.64. The molecule has 1 fully saturated rings. The summed E-state index contributed by atoms with van der Waals surface area (Å²) in [5.74, 6) is 0.632. The molecule has 1 aliphatic heterocycles. The van der Waals surface area contributed by atoms with Crippen molar-refractivity contribution in [3.8, 4) is 0 Å². The zero-order chi connectivity index (χ0) is 24.4. The van der Waals surface area contributed by atoms with Gasteiger partial charge in [-0.1, -0.05) is 20.8 Å². The smallest absolute Gasteiger partial charge is 0.449 e. The molecule has 0 unspecified atom stereocenters. The van der Waals surface area contributed by atoms with Crippen molar-refractivity contribution in [2.45, 2.75) is 91.4 Å². The highest BCUT2D eigenvalue weighted by Crippen LogP contribution is 2.37. The molecule has 3 N–H and O–H groups in total. The van der Waals surface area contributed by atoms with E-state index in [-0.39, 0.29) is 22.2 Å². The lowest BCUT2D eigenvalue weighted by molar-refractivity contribution is 0.00578. The summed E-state index contributed by atoms with van der Waals surface area (Å²) in [6.07, 6.45) is -1.79. The van der Waals surface area contributed by atoms with Crippen molar-refractivity contribution in [2.75, 3.05) is 5.32 Å². The first-order valence-corrected chi connectivity index (χ1v) is 9.90. The van der Waals surface area contributed by atoms with Gasteiger partial charge in [0.15, 0.2) is 0 Å². The third-order valence-corrected chi connectivity index (χ3v) is 4.70. The zero-order valence-corrected chi connectivity index (χ0v) is 20.0. The largest absolute Gasteiger partial charge is 0.516 e. The summed E-state index contributed by atoms with van der Waals surface area (Å²) >= 11 is 0. The van der Waals surface area contributed by atoms with Gasteiger partial charge in [0.25, 0.3) is 0 Å². The molecule has 1 aromatic rings. The molecule has 10 nitrogen and oxygen atoms in total. The highest BCUT2D eigenvalue weighted by molar-refractivity contribution is 6.62. The lowest BCUT2D eigenvalue weighted by atomic mass is 9.73. The fraction of sp³-hybridized carbons (Fsp3) is 0.700. The van der Waals surface area contributed by atoms with E-state index >= 15 is 0 Å². The van der Waals surface area contributed by atoms with Crippen molar-refractivity contribution in [1.29, 1.82) is 0 Å². The van der Waals surface area contributed by atoms with E-state index in [0.717, 1.165) is 11.2 Å². The third-order valence-electron chi connectivity index (χ3n) is 4.70. The molecule has 0 atom stereocenters. The molecular weight excluding hydrogens is 405 g/mol. The Balaban J connectivity index is 0.000000592. The number of ether oxygens (including phenoxy) is 1. The molecule has 0 aromatic carbocycles. The Morgan fingerprint density at radius 2 is 1.45 bits per heavy atom. The minimum atomic E-state index is -1.81. The van der Waals surface area contributed by atoms with Crippen LogP contribution in [-0.2, 0) is 19.5 Å². The zero-order valence-electron chi connectivity index (χ0n) is 20.0. The fourth-order valence-corrected chi connectivity index (χ4v) is 2.60. The van der Waals surface area contributed by atoms with Gasteiger partial charge in [0.2, 0.25) is 5.95 Å². The van der Waals surface area contributed by atoms with Gasteiger partial charge in [-0.05, 0) is 48.5 Å². The van der Waals surface area contributed by atoms with Gasteiger partial charge in [-0.3, -0.25) is 0 Å². The Labute approximate surface area is 183 Å². The van der Waals surface area contributed by atoms with E-state index in [1.165, 1.54) is 0 Å². The molecule has 11 heteroatoms. The van der Waals surface area contributed by atoms with Crippen molar-refractivity contribution in [3.05, 3.63) is 11.9 Å². The molecular formula is C20H34BN3O7. The van der Waals surface area contributed by atoms with Gasteiger partial charge in [-0.25, -0.2) is 19.6 Å². The van der Waals surface area contributed by atoms with Crippen molar-refractivity contribution >= 4 is 30.8 Å². The fourth-order valence-electron chi connectivity index (χ4n) is 2.60. The number of anilines is 1. The van der Waals surface area contributed by atoms with Crippen LogP contribution in [-0.4, -0.2) is 56.4 Å². The molecule has 2 rings (SSSR count). The van der Waals surface area contributed by atoms with Gasteiger partial charge in [-0.15, -0.1) is 0 Å². The lowest BCUT2D eigenvalue weighted by Crippen LogP contribution is -2.41. The number of nitrogens with one attached hydrogen (secondary N) is 1. The van der Waals surface area contributed by atoms with Gasteiger partial charge < -0.3 is 29.6 Å². The molecule has 1 saturated heterocycles. The van der Waals surface area contributed by atoms with Crippen LogP contribution < -0.4 is 10.8 Å². The quantitative estimate of drug-likeness (QED) is 0.355. The van der Waals surface area contributed by atoms with Gasteiger partial charge in [0, 0.05) is 22.6 Å². The predicted molar refractivity (Wildman–Crippen MR) is 117 cm³/mol. The van der Waals surface area contributed by atoms with Crippen molar-refractivity contribution in [3.63, 3.8) is 0 Å². The van der Waals surface area contributed by atoms with E-state index in [1.807, 2.05) is 6.20 Å². The first-order chi connectivity index (χ1) is 13.7. The van der Waals surface area contributed by atoms with Crippen LogP contribution >= 0.6 is 0 Å². The Hall–Kier alpha value is -2.40. The van der Waals surface area contributed by atoms with E-state index in [0.29, 0.717) is 5.95 Å². The van der Waals surface area contributed by atoms with Gasteiger partial charge in [0.05, 0.1) is 16.9 Å². The van der Waals surface area contributed by atoms with Gasteiger partial charge in [-0.2, -0.15) is 0 Å². The van der Waals surface area contributed by atoms with E-state index in [4.69, 9.17) is 24.5 Å². The molecule has 2 heterocycles. The Morgan fingerprint density at radius 1 is 1.00 bits per heavy atom. The molecule has 1 aromatic heterocycles. The van der Waals surface area contributed by atoms with Crippen LogP contribution in [0, 0.1) is 0 Å². The first-order valence-electron chi connectivity index (χ1n) is 9.90. The molecule has 31 heavy (non-hydrogen) atoms. The maximum absolute atomic E-state index is 9.21. The third kappa shape index (κ3) is 7.66. The first kappa shape index (κ1) is 26.6. The second kappa shape index (κ2) is 9.00. The minimum absolute atomic E-state index is 0.0962. The van der Waals surface area contributed by atoms with Crippen LogP contribution in [0.3, 0.4) is 0 Å². The molecule has 1 aliphatic rings. The van der Waals surface area contributed by atoms with Crippen LogP contribution in [0.1, 0.15) is 74.9 Å². The van der Waals surface area contributed by atoms with Crippen molar-refractivity contribution < 1.29 is 33.8 Å². The van der Waals surface area contributed by atoms with Crippen LogP contribution in [0.4, 0.5) is 15.5 Å². The SMILES string of the molecule is CC(C)(C)Nc1ncc(B2OC(C)(C)C(C)(C)O2)c(C(C)(C)C)n1.O=C(O)OC(=O)O. The maximum Gasteiger partial charge on any atom is 0.516 e. The van der Waals surface area contributed by atoms with Crippen LogP contribution in [0.2, 0.25) is 0 Å². The number of hydrogen-bond acceptors (Lipinski definition) is 8. The Bertz CT molecular complexity index is 786. The van der Waals surface area contributed by atoms with E-state index in [1.54, 1.807) is 0 Å². The van der Waals surface area contributed by atoms with Crippen LogP contribution in [0.5, 0.6) is 0 Å². The second-order valence-corrected chi connectivity index (χ2v) is 10.3. The van der Waals surface area contributed by atoms with E-state index in [2.05, 4.69) is 84.3 Å². The number of rotatable bonds is 2. The standard InChI is InChI=1S/C18H32BN3O2.C2H2O5/c1-15(2,3)13-12(11-20-14(21-13)22-16(4,5)6)19-23-17(7,8)18(9,10)24-19;3-1(4)7-2(5)6/h11H,1-10H3,(H,20,21,22);(H,3,4)(H,5,6). The van der Waals surface area contributed by atoms with E-state index in [9.17, 15) is 9.59 Å². The minimum Gasteiger partial charge on any atom is -0.449 e. The summed E-state index contributed by atoms with van der Waals surface area (Å²) in [4.78, 5) is 27.7. The summed E-state index contributed by atoms with van der Waals surface area (Å²) in [6.45, 7) is 20.9. The average Bonchev–Trinajstić information content (AvgIpc) is 2.72. The Kier molecular flexibility index (Phi) is 7.73. The summed E-state index contributed by atoms with van der Waals surface area (Å²) < 4.78 is 15.5. The number of carbonyl (C=O) groups is 2. The summed E-state index contributed by atoms with van der Waals surface area (Å²) in [5.41, 5.74) is 0.852. The molecule has 0 amide bonds. The van der Waals surface area contributed by atoms with Gasteiger partial charge >= 0.3 is 19.4 Å². The summed E-state index contributed by atoms with van der Waals surface area (Å²) in [6, 6.07) is 0. The van der Waals surface area contributed by atoms with Crippen LogP contribution in [0.25, 0.3) is 0 Å². The summed E-state index contributed by atoms with van der Waals surface area (Å²) in [7, 11) is -0.451. The number of hydrogen-bond donors (Lipinski definition) is 3. The molecule has 0 radical (unpaired) electrons. The van der Waals surface area contributed by atoms with Crippen molar-refractivity contribution in [1.82, 2.24) is 9.97 Å². The molecule has 0 aliphatic carbocycles. The average molecular weight is 439 g/mol. The maximum atomic E-state index is 9.21. The molecule has 0 saturated carbocycles. The van der Waals surface area contributed by atoms with Crippen LogP contribution in [0.15, 0.2) is 6.20 Å². The van der Waals surface area contributed by atoms with Crippen molar-refractivity contribution in [2.24, 2.45) is 0 Å². The number of nitrogens with zero attached hydrogens (tertiary/aromatic N) is 2. The highest BCUT2D eigenvalue weighted by atomic mass is 16.7.